The summed E-state index contributed by atoms with van der Waals surface area (Å²) in [6.45, 7) is 3.09. The third-order valence-electron chi connectivity index (χ3n) is 4.19. The lowest BCUT2D eigenvalue weighted by Crippen LogP contribution is -2.51. The number of nitrogens with two attached hydrogens (primary N) is 1. The molecule has 0 aliphatic carbocycles. The summed E-state index contributed by atoms with van der Waals surface area (Å²) < 4.78 is 27.4. The molecule has 2 N–H and O–H groups in total. The third-order valence-corrected chi connectivity index (χ3v) is 6.12. The minimum atomic E-state index is -3.66. The fourth-order valence-electron chi connectivity index (χ4n) is 2.90. The molecular formula is C16H21ClN4O3S. The molecule has 9 heteroatoms. The molecule has 0 unspecified atom stereocenters. The first kappa shape index (κ1) is 19.6. The van der Waals surface area contributed by atoms with Crippen molar-refractivity contribution in [3.63, 3.8) is 0 Å². The van der Waals surface area contributed by atoms with E-state index in [9.17, 15) is 13.2 Å². The molecule has 0 spiro atoms. The van der Waals surface area contributed by atoms with Crippen molar-refractivity contribution < 1.29 is 13.2 Å². The summed E-state index contributed by atoms with van der Waals surface area (Å²) in [5, 5.41) is 0.799. The number of hydrogen-bond acceptors (Lipinski definition) is 5. The van der Waals surface area contributed by atoms with E-state index >= 15 is 0 Å². The molecule has 1 saturated heterocycles. The molecule has 1 amide bonds. The van der Waals surface area contributed by atoms with E-state index in [1.165, 1.54) is 4.31 Å². The maximum Gasteiger partial charge on any atom is 0.245 e. The maximum atomic E-state index is 13.0. The predicted molar refractivity (Wildman–Crippen MR) is 98.1 cm³/mol. The first-order valence-electron chi connectivity index (χ1n) is 7.77. The van der Waals surface area contributed by atoms with E-state index < -0.39 is 10.0 Å². The molecule has 136 valence electrons. The van der Waals surface area contributed by atoms with Gasteiger partial charge in [0.15, 0.2) is 0 Å². The van der Waals surface area contributed by atoms with E-state index in [1.54, 1.807) is 23.2 Å². The molecule has 0 bridgehead atoms. The van der Waals surface area contributed by atoms with Gasteiger partial charge in [-0.15, -0.1) is 12.4 Å². The third kappa shape index (κ3) is 3.77. The van der Waals surface area contributed by atoms with Crippen LogP contribution in [0.25, 0.3) is 10.9 Å². The van der Waals surface area contributed by atoms with E-state index in [1.807, 2.05) is 19.1 Å². The number of para-hydroxylation sites is 1. The van der Waals surface area contributed by atoms with E-state index in [4.69, 9.17) is 5.73 Å². The number of nitrogens with zero attached hydrogens (tertiary/aromatic N) is 3. The monoisotopic (exact) mass is 384 g/mol. The number of hydrogen-bond donors (Lipinski definition) is 1. The second-order valence-corrected chi connectivity index (χ2v) is 7.74. The van der Waals surface area contributed by atoms with Gasteiger partial charge in [0.1, 0.15) is 4.90 Å². The molecule has 0 saturated carbocycles. The Labute approximate surface area is 153 Å². The van der Waals surface area contributed by atoms with Crippen LogP contribution in [0.4, 0.5) is 0 Å². The molecule has 25 heavy (non-hydrogen) atoms. The van der Waals surface area contributed by atoms with Crippen LogP contribution in [0.2, 0.25) is 0 Å². The molecule has 1 aromatic carbocycles. The topological polar surface area (TPSA) is 96.6 Å². The highest BCUT2D eigenvalue weighted by Crippen LogP contribution is 2.25. The first-order valence-corrected chi connectivity index (χ1v) is 9.21. The number of carbonyl (C=O) groups excluding carboxylic acids is 1. The second-order valence-electron chi connectivity index (χ2n) is 5.83. The summed E-state index contributed by atoms with van der Waals surface area (Å²) in [5.74, 6) is -0.158. The molecular weight excluding hydrogens is 364 g/mol. The van der Waals surface area contributed by atoms with Gasteiger partial charge in [-0.25, -0.2) is 8.42 Å². The highest BCUT2D eigenvalue weighted by Gasteiger charge is 2.31. The SMILES string of the molecule is Cc1cnc2c(S(=O)(=O)N3CCN(C(=O)CN)CC3)cccc2c1.Cl. The molecule has 1 aliphatic rings. The van der Waals surface area contributed by atoms with Crippen LogP contribution in [-0.4, -0.2) is 61.2 Å². The van der Waals surface area contributed by atoms with Crippen LogP contribution in [0.15, 0.2) is 35.4 Å². The predicted octanol–water partition coefficient (Wildman–Crippen LogP) is 0.757. The molecule has 2 heterocycles. The molecule has 1 aromatic heterocycles. The van der Waals surface area contributed by atoms with E-state index in [0.717, 1.165) is 10.9 Å². The zero-order valence-electron chi connectivity index (χ0n) is 13.9. The Morgan fingerprint density at radius 2 is 1.92 bits per heavy atom. The Morgan fingerprint density at radius 1 is 1.24 bits per heavy atom. The summed E-state index contributed by atoms with van der Waals surface area (Å²) >= 11 is 0. The zero-order valence-corrected chi connectivity index (χ0v) is 15.5. The Balaban J connectivity index is 0.00000225. The average molecular weight is 385 g/mol. The molecule has 3 rings (SSSR count). The normalized spacial score (nSPS) is 15.8. The summed E-state index contributed by atoms with van der Waals surface area (Å²) in [7, 11) is -3.66. The van der Waals surface area contributed by atoms with Gasteiger partial charge in [-0.3, -0.25) is 9.78 Å². The van der Waals surface area contributed by atoms with Gasteiger partial charge in [0.25, 0.3) is 0 Å². The zero-order chi connectivity index (χ0) is 17.3. The van der Waals surface area contributed by atoms with Crippen molar-refractivity contribution >= 4 is 39.2 Å². The summed E-state index contributed by atoms with van der Waals surface area (Å²) in [6, 6.07) is 7.08. The van der Waals surface area contributed by atoms with Crippen LogP contribution < -0.4 is 5.73 Å². The van der Waals surface area contributed by atoms with Crippen molar-refractivity contribution in [1.82, 2.24) is 14.2 Å². The Hall–Kier alpha value is -1.74. The van der Waals surface area contributed by atoms with Gasteiger partial charge in [0.2, 0.25) is 15.9 Å². The number of rotatable bonds is 3. The molecule has 2 aromatic rings. The van der Waals surface area contributed by atoms with Crippen molar-refractivity contribution in [2.75, 3.05) is 32.7 Å². The van der Waals surface area contributed by atoms with Gasteiger partial charge in [-0.2, -0.15) is 4.31 Å². The minimum Gasteiger partial charge on any atom is -0.339 e. The molecule has 0 radical (unpaired) electrons. The van der Waals surface area contributed by atoms with Gasteiger partial charge >= 0.3 is 0 Å². The highest BCUT2D eigenvalue weighted by molar-refractivity contribution is 7.89. The average Bonchev–Trinajstić information content (AvgIpc) is 2.60. The quantitative estimate of drug-likeness (QED) is 0.842. The molecule has 1 aliphatic heterocycles. The van der Waals surface area contributed by atoms with Crippen molar-refractivity contribution in [2.45, 2.75) is 11.8 Å². The van der Waals surface area contributed by atoms with Gasteiger partial charge in [0, 0.05) is 37.8 Å². The number of piperazine rings is 1. The lowest BCUT2D eigenvalue weighted by Gasteiger charge is -2.33. The molecule has 1 fully saturated rings. The highest BCUT2D eigenvalue weighted by atomic mass is 35.5. The number of aromatic nitrogens is 1. The van der Waals surface area contributed by atoms with E-state index in [-0.39, 0.29) is 42.8 Å². The van der Waals surface area contributed by atoms with E-state index in [2.05, 4.69) is 4.98 Å². The van der Waals surface area contributed by atoms with E-state index in [0.29, 0.717) is 18.6 Å². The Kier molecular flexibility index (Phi) is 5.99. The van der Waals surface area contributed by atoms with Crippen LogP contribution in [0.5, 0.6) is 0 Å². The lowest BCUT2D eigenvalue weighted by molar-refractivity contribution is -0.130. The van der Waals surface area contributed by atoms with Gasteiger partial charge < -0.3 is 10.6 Å². The molecule has 7 nitrogen and oxygen atoms in total. The number of fused-ring (bicyclic) bond motifs is 1. The number of benzene rings is 1. The van der Waals surface area contributed by atoms with Crippen LogP contribution in [-0.2, 0) is 14.8 Å². The minimum absolute atomic E-state index is 0. The fourth-order valence-corrected chi connectivity index (χ4v) is 4.48. The maximum absolute atomic E-state index is 13.0. The number of sulfonamides is 1. The van der Waals surface area contributed by atoms with Gasteiger partial charge in [-0.05, 0) is 24.6 Å². The van der Waals surface area contributed by atoms with Crippen molar-refractivity contribution in [2.24, 2.45) is 5.73 Å². The largest absolute Gasteiger partial charge is 0.339 e. The van der Waals surface area contributed by atoms with Crippen molar-refractivity contribution in [1.29, 1.82) is 0 Å². The second kappa shape index (κ2) is 7.65. The fraction of sp³-hybridized carbons (Fsp3) is 0.375. The van der Waals surface area contributed by atoms with Crippen LogP contribution in [0.1, 0.15) is 5.56 Å². The number of halogens is 1. The van der Waals surface area contributed by atoms with Gasteiger partial charge in [-0.1, -0.05) is 12.1 Å². The van der Waals surface area contributed by atoms with Crippen LogP contribution >= 0.6 is 12.4 Å². The first-order chi connectivity index (χ1) is 11.4. The summed E-state index contributed by atoms with van der Waals surface area (Å²) in [6.07, 6.45) is 1.67. The Bertz CT molecular complexity index is 880. The standard InChI is InChI=1S/C16H20N4O3S.ClH/c1-12-9-13-3-2-4-14(16(13)18-11-12)24(22,23)20-7-5-19(6-8-20)15(21)10-17;/h2-4,9,11H,5-8,10,17H2,1H3;1H. The smallest absolute Gasteiger partial charge is 0.245 e. The summed E-state index contributed by atoms with van der Waals surface area (Å²) in [4.78, 5) is 17.7. The summed E-state index contributed by atoms with van der Waals surface area (Å²) in [5.41, 5.74) is 6.81. The van der Waals surface area contributed by atoms with Crippen LogP contribution in [0, 0.1) is 6.92 Å². The Morgan fingerprint density at radius 3 is 2.56 bits per heavy atom. The van der Waals surface area contributed by atoms with Crippen molar-refractivity contribution in [3.8, 4) is 0 Å². The lowest BCUT2D eigenvalue weighted by atomic mass is 10.2. The van der Waals surface area contributed by atoms with Crippen LogP contribution in [0.3, 0.4) is 0 Å². The number of aryl methyl sites for hydroxylation is 1. The number of amides is 1. The number of carbonyl (C=O) groups is 1. The molecule has 0 atom stereocenters. The number of pyridine rings is 1. The van der Waals surface area contributed by atoms with Gasteiger partial charge in [0.05, 0.1) is 12.1 Å². The van der Waals surface area contributed by atoms with Crippen molar-refractivity contribution in [3.05, 3.63) is 36.0 Å².